The van der Waals surface area contributed by atoms with Crippen LogP contribution in [0.4, 0.5) is 10.3 Å². The Hall–Kier alpha value is -3.52. The number of aryl methyl sites for hydroxylation is 3. The molecule has 0 spiro atoms. The smallest absolute Gasteiger partial charge is 0.268 e. The molecule has 4 aromatic rings. The number of halogens is 1. The first-order chi connectivity index (χ1) is 15.4. The van der Waals surface area contributed by atoms with E-state index in [1.54, 1.807) is 16.8 Å². The summed E-state index contributed by atoms with van der Waals surface area (Å²) in [6.07, 6.45) is 1.50. The molecule has 0 radical (unpaired) electrons. The fraction of sp³-hybridized carbons (Fsp3) is 0.208. The van der Waals surface area contributed by atoms with Crippen molar-refractivity contribution in [1.29, 1.82) is 0 Å². The fourth-order valence-corrected chi connectivity index (χ4v) is 4.33. The maximum Gasteiger partial charge on any atom is 0.268 e. The summed E-state index contributed by atoms with van der Waals surface area (Å²) < 4.78 is 20.9. The van der Waals surface area contributed by atoms with E-state index < -0.39 is 0 Å². The number of carbonyl (C=O) groups excluding carboxylic acids is 1. The highest BCUT2D eigenvalue weighted by atomic mass is 32.1. The Morgan fingerprint density at radius 2 is 1.91 bits per heavy atom. The van der Waals surface area contributed by atoms with Crippen molar-refractivity contribution in [3.05, 3.63) is 92.7 Å². The van der Waals surface area contributed by atoms with Crippen LogP contribution in [0.15, 0.2) is 54.2 Å². The monoisotopic (exact) mass is 450 g/mol. The van der Waals surface area contributed by atoms with Gasteiger partial charge in [0.1, 0.15) is 24.5 Å². The normalized spacial score (nSPS) is 10.9. The molecule has 0 saturated carbocycles. The third kappa shape index (κ3) is 5.20. The average molecular weight is 451 g/mol. The molecule has 2 aromatic heterocycles. The Morgan fingerprint density at radius 3 is 2.66 bits per heavy atom. The maximum atomic E-state index is 13.3. The van der Waals surface area contributed by atoms with Gasteiger partial charge in [0.15, 0.2) is 0 Å². The lowest BCUT2D eigenvalue weighted by Gasteiger charge is -2.12. The number of ether oxygens (including phenoxy) is 1. The highest BCUT2D eigenvalue weighted by Gasteiger charge is 2.13. The Balaban J connectivity index is 1.36. The van der Waals surface area contributed by atoms with Crippen molar-refractivity contribution in [2.45, 2.75) is 33.9 Å². The minimum atomic E-state index is -0.304. The molecule has 0 atom stereocenters. The van der Waals surface area contributed by atoms with Crippen molar-refractivity contribution in [3.63, 3.8) is 0 Å². The van der Waals surface area contributed by atoms with Crippen LogP contribution in [0, 0.1) is 26.6 Å². The number of amides is 1. The van der Waals surface area contributed by atoms with E-state index >= 15 is 0 Å². The zero-order chi connectivity index (χ0) is 22.7. The number of hydrogen-bond donors (Lipinski definition) is 1. The molecule has 0 aliphatic heterocycles. The molecular formula is C24H23FN4O2S. The number of anilines is 1. The Bertz CT molecular complexity index is 1240. The van der Waals surface area contributed by atoms with E-state index in [1.165, 1.54) is 35.4 Å². The molecule has 8 heteroatoms. The zero-order valence-corrected chi connectivity index (χ0v) is 18.9. The highest BCUT2D eigenvalue weighted by Crippen LogP contribution is 2.26. The van der Waals surface area contributed by atoms with E-state index in [1.807, 2.05) is 25.3 Å². The van der Waals surface area contributed by atoms with Gasteiger partial charge in [-0.2, -0.15) is 0 Å². The Morgan fingerprint density at radius 1 is 1.12 bits per heavy atom. The summed E-state index contributed by atoms with van der Waals surface area (Å²) in [6.45, 7) is 6.87. The van der Waals surface area contributed by atoms with Gasteiger partial charge in [0.25, 0.3) is 5.91 Å². The van der Waals surface area contributed by atoms with Crippen LogP contribution in [0.2, 0.25) is 0 Å². The molecule has 2 heterocycles. The summed E-state index contributed by atoms with van der Waals surface area (Å²) >= 11 is 1.34. The second kappa shape index (κ2) is 9.32. The molecule has 32 heavy (non-hydrogen) atoms. The van der Waals surface area contributed by atoms with Crippen molar-refractivity contribution >= 4 is 23.2 Å². The molecule has 0 fully saturated rings. The van der Waals surface area contributed by atoms with E-state index in [0.717, 1.165) is 28.0 Å². The van der Waals surface area contributed by atoms with Gasteiger partial charge in [-0.3, -0.25) is 10.1 Å². The molecular weight excluding hydrogens is 427 g/mol. The Labute approximate surface area is 189 Å². The van der Waals surface area contributed by atoms with Crippen molar-refractivity contribution in [1.82, 2.24) is 14.8 Å². The van der Waals surface area contributed by atoms with Crippen molar-refractivity contribution in [3.8, 4) is 5.75 Å². The molecule has 1 N–H and O–H groups in total. The number of aromatic nitrogens is 3. The average Bonchev–Trinajstić information content (AvgIpc) is 3.37. The molecule has 164 valence electrons. The molecule has 0 unspecified atom stereocenters. The third-order valence-electron chi connectivity index (χ3n) is 4.86. The molecule has 1 amide bonds. The van der Waals surface area contributed by atoms with Crippen LogP contribution < -0.4 is 10.1 Å². The molecule has 0 bridgehead atoms. The van der Waals surface area contributed by atoms with Gasteiger partial charge >= 0.3 is 0 Å². The fourth-order valence-electron chi connectivity index (χ4n) is 3.53. The number of benzene rings is 2. The molecule has 0 saturated heterocycles. The van der Waals surface area contributed by atoms with Crippen molar-refractivity contribution in [2.75, 3.05) is 5.32 Å². The first-order valence-corrected chi connectivity index (χ1v) is 11.0. The lowest BCUT2D eigenvalue weighted by Crippen LogP contribution is -2.12. The van der Waals surface area contributed by atoms with Gasteiger partial charge in [0, 0.05) is 5.56 Å². The van der Waals surface area contributed by atoms with Crippen LogP contribution in [0.25, 0.3) is 0 Å². The van der Waals surface area contributed by atoms with E-state index in [4.69, 9.17) is 4.74 Å². The number of carbonyl (C=O) groups is 1. The summed E-state index contributed by atoms with van der Waals surface area (Å²) in [5.74, 6) is 0.484. The summed E-state index contributed by atoms with van der Waals surface area (Å²) in [4.78, 5) is 17.2. The number of nitrogens with zero attached hydrogens (tertiary/aromatic N) is 3. The molecule has 2 aromatic carbocycles. The van der Waals surface area contributed by atoms with Crippen LogP contribution in [0.5, 0.6) is 5.75 Å². The number of hydrogen-bond acceptors (Lipinski definition) is 5. The predicted molar refractivity (Wildman–Crippen MR) is 123 cm³/mol. The van der Waals surface area contributed by atoms with Gasteiger partial charge in [-0.15, -0.1) is 16.4 Å². The van der Waals surface area contributed by atoms with E-state index in [2.05, 4.69) is 34.5 Å². The van der Waals surface area contributed by atoms with Gasteiger partial charge < -0.3 is 4.74 Å². The van der Waals surface area contributed by atoms with E-state index in [-0.39, 0.29) is 17.7 Å². The molecule has 4 rings (SSSR count). The summed E-state index contributed by atoms with van der Waals surface area (Å²) in [5.41, 5.74) is 5.07. The van der Waals surface area contributed by atoms with Crippen molar-refractivity contribution in [2.24, 2.45) is 0 Å². The lowest BCUT2D eigenvalue weighted by molar-refractivity contribution is 0.102. The van der Waals surface area contributed by atoms with E-state index in [0.29, 0.717) is 18.0 Å². The van der Waals surface area contributed by atoms with E-state index in [9.17, 15) is 9.18 Å². The number of rotatable bonds is 7. The summed E-state index contributed by atoms with van der Waals surface area (Å²) in [6, 6.07) is 12.3. The first-order valence-electron chi connectivity index (χ1n) is 10.1. The lowest BCUT2D eigenvalue weighted by atomic mass is 10.1. The second-order valence-electron chi connectivity index (χ2n) is 7.69. The van der Waals surface area contributed by atoms with Gasteiger partial charge in [-0.25, -0.2) is 14.1 Å². The van der Waals surface area contributed by atoms with Crippen LogP contribution in [0.3, 0.4) is 0 Å². The quantitative estimate of drug-likeness (QED) is 0.416. The van der Waals surface area contributed by atoms with Crippen LogP contribution in [-0.4, -0.2) is 20.7 Å². The van der Waals surface area contributed by atoms with Gasteiger partial charge in [-0.1, -0.05) is 29.8 Å². The molecule has 6 nitrogen and oxygen atoms in total. The van der Waals surface area contributed by atoms with Crippen LogP contribution in [0.1, 0.15) is 37.5 Å². The number of thiophene rings is 1. The summed E-state index contributed by atoms with van der Waals surface area (Å²) in [5, 5.41) is 8.85. The SMILES string of the molecule is Cc1cc(C)c(OCc2csc(C(=O)Nc3ncn(Cc4cccc(F)c4)n3)c2)c(C)c1. The standard InChI is InChI=1S/C24H23FN4O2S/c1-15-7-16(2)22(17(3)8-15)31-12-19-10-21(32-13-19)23(30)27-24-26-14-29(28-24)11-18-5-4-6-20(25)9-18/h4-10,13-14H,11-12H2,1-3H3,(H,27,28,30). The maximum absolute atomic E-state index is 13.3. The zero-order valence-electron chi connectivity index (χ0n) is 18.1. The van der Waals surface area contributed by atoms with Gasteiger partial charge in [-0.05, 0) is 61.0 Å². The second-order valence-corrected chi connectivity index (χ2v) is 8.60. The Kier molecular flexibility index (Phi) is 6.32. The molecule has 0 aliphatic carbocycles. The topological polar surface area (TPSA) is 69.0 Å². The van der Waals surface area contributed by atoms with Gasteiger partial charge in [0.05, 0.1) is 11.4 Å². The minimum Gasteiger partial charge on any atom is -0.488 e. The van der Waals surface area contributed by atoms with Crippen LogP contribution in [-0.2, 0) is 13.2 Å². The largest absolute Gasteiger partial charge is 0.488 e. The third-order valence-corrected chi connectivity index (χ3v) is 5.84. The molecule has 0 aliphatic rings. The van der Waals surface area contributed by atoms with Gasteiger partial charge in [0.2, 0.25) is 5.95 Å². The van der Waals surface area contributed by atoms with Crippen LogP contribution >= 0.6 is 11.3 Å². The van der Waals surface area contributed by atoms with Crippen molar-refractivity contribution < 1.29 is 13.9 Å². The number of nitrogens with one attached hydrogen (secondary N) is 1. The highest BCUT2D eigenvalue weighted by molar-refractivity contribution is 7.12. The summed E-state index contributed by atoms with van der Waals surface area (Å²) in [7, 11) is 0. The minimum absolute atomic E-state index is 0.198. The predicted octanol–water partition coefficient (Wildman–Crippen LogP) is 5.28. The first kappa shape index (κ1) is 21.7.